The van der Waals surface area contributed by atoms with Crippen molar-refractivity contribution >= 4 is 23.2 Å². The van der Waals surface area contributed by atoms with Crippen LogP contribution >= 0.6 is 11.3 Å². The maximum Gasteiger partial charge on any atom is 0.358 e. The quantitative estimate of drug-likeness (QED) is 0.411. The monoisotopic (exact) mass is 478 g/mol. The Bertz CT molecular complexity index is 1370. The molecule has 33 heavy (non-hydrogen) atoms. The molecule has 0 aliphatic carbocycles. The number of oxazole rings is 1. The first-order chi connectivity index (χ1) is 15.5. The lowest BCUT2D eigenvalue weighted by atomic mass is 10.1. The summed E-state index contributed by atoms with van der Waals surface area (Å²) in [4.78, 5) is 32.2. The molecule has 0 spiro atoms. The second kappa shape index (κ2) is 8.12. The molecule has 4 aromatic rings. The summed E-state index contributed by atoms with van der Waals surface area (Å²) in [5.74, 6) is -6.91. The molecule has 0 radical (unpaired) electrons. The minimum absolute atomic E-state index is 0.0926. The Labute approximate surface area is 186 Å². The summed E-state index contributed by atoms with van der Waals surface area (Å²) in [5, 5.41) is 18.9. The zero-order chi connectivity index (χ0) is 23.9. The largest absolute Gasteiger partial charge is 0.476 e. The van der Waals surface area contributed by atoms with Gasteiger partial charge in [0.05, 0.1) is 0 Å². The van der Waals surface area contributed by atoms with Gasteiger partial charge in [-0.25, -0.2) is 14.2 Å². The van der Waals surface area contributed by atoms with Gasteiger partial charge < -0.3 is 15.3 Å². The molecule has 0 bridgehead atoms. The number of nitrogens with zero attached hydrogens (tertiary/aromatic N) is 5. The van der Waals surface area contributed by atoms with E-state index in [0.717, 1.165) is 28.3 Å². The number of rotatable bonds is 7. The number of benzene rings is 1. The van der Waals surface area contributed by atoms with E-state index in [-0.39, 0.29) is 28.6 Å². The molecule has 10 nitrogen and oxygen atoms in total. The molecule has 3 heterocycles. The fourth-order valence-corrected chi connectivity index (χ4v) is 3.67. The Morgan fingerprint density at radius 2 is 2.00 bits per heavy atom. The van der Waals surface area contributed by atoms with Crippen LogP contribution in [0.15, 0.2) is 34.1 Å². The highest BCUT2D eigenvalue weighted by Gasteiger charge is 2.29. The normalized spacial score (nSPS) is 11.6. The van der Waals surface area contributed by atoms with Gasteiger partial charge in [0, 0.05) is 17.9 Å². The molecule has 170 valence electrons. The molecular weight excluding hydrogens is 465 g/mol. The van der Waals surface area contributed by atoms with Gasteiger partial charge in [-0.2, -0.15) is 18.6 Å². The summed E-state index contributed by atoms with van der Waals surface area (Å²) < 4.78 is 46.0. The lowest BCUT2D eigenvalue weighted by molar-refractivity contribution is 0.0132. The summed E-state index contributed by atoms with van der Waals surface area (Å²) >= 11 is 0.939. The average Bonchev–Trinajstić information content (AvgIpc) is 3.45. The number of amides is 1. The third-order valence-electron chi connectivity index (χ3n) is 4.29. The van der Waals surface area contributed by atoms with E-state index in [9.17, 15) is 27.9 Å². The number of primary amides is 1. The van der Waals surface area contributed by atoms with Crippen molar-refractivity contribution in [1.82, 2.24) is 25.0 Å². The van der Waals surface area contributed by atoms with Crippen molar-refractivity contribution in [1.29, 1.82) is 0 Å². The Hall–Kier alpha value is -4.07. The zero-order valence-corrected chi connectivity index (χ0v) is 17.4. The molecule has 14 heteroatoms. The Morgan fingerprint density at radius 1 is 1.24 bits per heavy atom. The highest BCUT2D eigenvalue weighted by atomic mass is 32.1. The summed E-state index contributed by atoms with van der Waals surface area (Å²) in [6.07, 6.45) is 0. The smallest absolute Gasteiger partial charge is 0.358 e. The van der Waals surface area contributed by atoms with Crippen molar-refractivity contribution in [3.63, 3.8) is 0 Å². The molecule has 0 unspecified atom stereocenters. The minimum atomic E-state index is -3.13. The predicted octanol–water partition coefficient (Wildman–Crippen LogP) is 3.15. The summed E-state index contributed by atoms with van der Waals surface area (Å²) in [6.45, 7) is 0.532. The lowest BCUT2D eigenvalue weighted by Gasteiger charge is -2.04. The van der Waals surface area contributed by atoms with Crippen LogP contribution in [0.3, 0.4) is 0 Å². The van der Waals surface area contributed by atoms with E-state index in [1.165, 1.54) is 17.5 Å². The van der Waals surface area contributed by atoms with E-state index >= 15 is 0 Å². The Morgan fingerprint density at radius 3 is 2.61 bits per heavy atom. The van der Waals surface area contributed by atoms with E-state index in [1.54, 1.807) is 0 Å². The number of hydrogen-bond donors (Lipinski definition) is 2. The van der Waals surface area contributed by atoms with Crippen LogP contribution in [0.25, 0.3) is 22.9 Å². The second-order valence-electron chi connectivity index (χ2n) is 6.82. The number of carboxylic acids is 1. The standard InChI is InChI=1S/C19H13F3N6O4S/c1-19(21,22)10-7-33-11(24-10)6-28-26-12(16(23)29)13(27-28)17-25-14(18(30)31)15(32-17)8-3-2-4-9(20)5-8/h2-5,7H,6H2,1H3,(H2,23,29)(H,30,31). The van der Waals surface area contributed by atoms with Crippen molar-refractivity contribution < 1.29 is 32.3 Å². The highest BCUT2D eigenvalue weighted by molar-refractivity contribution is 7.09. The molecule has 1 aromatic carbocycles. The van der Waals surface area contributed by atoms with E-state index in [0.29, 0.717) is 6.92 Å². The third kappa shape index (κ3) is 4.45. The van der Waals surface area contributed by atoms with Gasteiger partial charge in [-0.1, -0.05) is 12.1 Å². The van der Waals surface area contributed by atoms with Crippen LogP contribution in [-0.2, 0) is 12.5 Å². The maximum absolute atomic E-state index is 13.6. The number of halogens is 3. The average molecular weight is 478 g/mol. The molecule has 0 atom stereocenters. The minimum Gasteiger partial charge on any atom is -0.476 e. The highest BCUT2D eigenvalue weighted by Crippen LogP contribution is 2.31. The number of aromatic carboxylic acids is 1. The molecule has 0 aliphatic heterocycles. The van der Waals surface area contributed by atoms with Crippen LogP contribution < -0.4 is 5.73 Å². The van der Waals surface area contributed by atoms with Gasteiger partial charge in [0.1, 0.15) is 23.1 Å². The van der Waals surface area contributed by atoms with Gasteiger partial charge in [0.2, 0.25) is 0 Å². The lowest BCUT2D eigenvalue weighted by Crippen LogP contribution is -2.14. The van der Waals surface area contributed by atoms with Crippen molar-refractivity contribution in [3.05, 3.63) is 57.6 Å². The SMILES string of the molecule is CC(F)(F)c1csc(Cn2nc(C(N)=O)c(-c3nc(C(=O)O)c(-c4cccc(F)c4)o3)n2)n1. The number of carbonyl (C=O) groups excluding carboxylic acids is 1. The van der Waals surface area contributed by atoms with Crippen molar-refractivity contribution in [2.24, 2.45) is 5.73 Å². The van der Waals surface area contributed by atoms with Crippen LogP contribution in [-0.4, -0.2) is 41.9 Å². The number of carboxylic acid groups (broad SMARTS) is 1. The molecule has 0 fully saturated rings. The molecule has 4 rings (SSSR count). The molecule has 0 saturated carbocycles. The fourth-order valence-electron chi connectivity index (χ4n) is 2.83. The first kappa shape index (κ1) is 22.1. The van der Waals surface area contributed by atoms with Gasteiger partial charge in [0.25, 0.3) is 17.7 Å². The number of carbonyl (C=O) groups is 2. The second-order valence-corrected chi connectivity index (χ2v) is 7.76. The number of aromatic nitrogens is 5. The molecule has 0 saturated heterocycles. The molecule has 0 aliphatic rings. The van der Waals surface area contributed by atoms with Crippen molar-refractivity contribution in [3.8, 4) is 22.9 Å². The van der Waals surface area contributed by atoms with Gasteiger partial charge in [-0.15, -0.1) is 21.5 Å². The van der Waals surface area contributed by atoms with Crippen molar-refractivity contribution in [2.75, 3.05) is 0 Å². The predicted molar refractivity (Wildman–Crippen MR) is 107 cm³/mol. The van der Waals surface area contributed by atoms with E-state index < -0.39 is 46.6 Å². The van der Waals surface area contributed by atoms with Gasteiger partial charge >= 0.3 is 5.97 Å². The topological polar surface area (TPSA) is 150 Å². The first-order valence-electron chi connectivity index (χ1n) is 9.11. The van der Waals surface area contributed by atoms with Gasteiger partial charge in [0.15, 0.2) is 22.8 Å². The van der Waals surface area contributed by atoms with Crippen LogP contribution in [0.2, 0.25) is 0 Å². The maximum atomic E-state index is 13.6. The van der Waals surface area contributed by atoms with Crippen molar-refractivity contribution in [2.45, 2.75) is 19.4 Å². The summed E-state index contributed by atoms with van der Waals surface area (Å²) in [6, 6.07) is 4.98. The molecule has 3 aromatic heterocycles. The van der Waals surface area contributed by atoms with Crippen LogP contribution in [0.1, 0.15) is 38.6 Å². The zero-order valence-electron chi connectivity index (χ0n) is 16.6. The molecule has 3 N–H and O–H groups in total. The van der Waals surface area contributed by atoms with Crippen LogP contribution in [0, 0.1) is 5.82 Å². The number of thiazole rings is 1. The Kier molecular flexibility index (Phi) is 5.45. The van der Waals surface area contributed by atoms with Gasteiger partial charge in [-0.3, -0.25) is 4.79 Å². The van der Waals surface area contributed by atoms with E-state index in [2.05, 4.69) is 20.2 Å². The molecule has 1 amide bonds. The van der Waals surface area contributed by atoms with E-state index in [1.807, 2.05) is 0 Å². The molecular formula is C19H13F3N6O4S. The van der Waals surface area contributed by atoms with E-state index in [4.69, 9.17) is 10.2 Å². The summed E-state index contributed by atoms with van der Waals surface area (Å²) in [5.41, 5.74) is 3.81. The first-order valence-corrected chi connectivity index (χ1v) is 9.99. The number of hydrogen-bond acceptors (Lipinski definition) is 8. The van der Waals surface area contributed by atoms with Crippen LogP contribution in [0.4, 0.5) is 13.2 Å². The number of nitrogens with two attached hydrogens (primary N) is 1. The van der Waals surface area contributed by atoms with Gasteiger partial charge in [-0.05, 0) is 12.1 Å². The van der Waals surface area contributed by atoms with Crippen LogP contribution in [0.5, 0.6) is 0 Å². The Balaban J connectivity index is 1.75. The fraction of sp³-hybridized carbons (Fsp3) is 0.158. The number of alkyl halides is 2. The summed E-state index contributed by atoms with van der Waals surface area (Å²) in [7, 11) is 0. The third-order valence-corrected chi connectivity index (χ3v) is 5.12.